The fraction of sp³-hybridized carbons (Fsp3) is 0.526. The molecule has 154 valence electrons. The number of benzene rings is 1. The van der Waals surface area contributed by atoms with Crippen LogP contribution in [0.1, 0.15) is 31.9 Å². The molecule has 0 spiro atoms. The van der Waals surface area contributed by atoms with E-state index in [9.17, 15) is 33.0 Å². The molecule has 2 N–H and O–H groups in total. The summed E-state index contributed by atoms with van der Waals surface area (Å²) < 4.78 is 45.8. The Kier molecular flexibility index (Phi) is 3.66. The van der Waals surface area contributed by atoms with Gasteiger partial charge in [-0.2, -0.15) is 18.4 Å². The molecule has 1 aromatic carbocycles. The number of anilines is 1. The van der Waals surface area contributed by atoms with Crippen molar-refractivity contribution >= 4 is 17.5 Å². The zero-order valence-electron chi connectivity index (χ0n) is 15.6. The summed E-state index contributed by atoms with van der Waals surface area (Å²) in [7, 11) is 0. The van der Waals surface area contributed by atoms with Gasteiger partial charge in [-0.25, -0.2) is 4.90 Å². The molecule has 1 aromatic rings. The Morgan fingerprint density at radius 2 is 1.79 bits per heavy atom. The minimum Gasteiger partial charge on any atom is -0.387 e. The topological polar surface area (TPSA) is 111 Å². The van der Waals surface area contributed by atoms with Gasteiger partial charge in [0, 0.05) is 0 Å². The monoisotopic (exact) mass is 410 g/mol. The highest BCUT2D eigenvalue weighted by Crippen LogP contribution is 2.67. The molecule has 0 radical (unpaired) electrons. The van der Waals surface area contributed by atoms with Gasteiger partial charge >= 0.3 is 6.18 Å². The Morgan fingerprint density at radius 3 is 2.34 bits per heavy atom. The van der Waals surface area contributed by atoms with Crippen molar-refractivity contribution in [2.75, 3.05) is 4.90 Å². The number of nitrogens with zero attached hydrogens (tertiary/aromatic N) is 2. The average Bonchev–Trinajstić information content (AvgIpc) is 3.05. The van der Waals surface area contributed by atoms with Crippen LogP contribution in [0.25, 0.3) is 0 Å². The summed E-state index contributed by atoms with van der Waals surface area (Å²) in [6.07, 6.45) is -7.77. The Bertz CT molecular complexity index is 1000. The van der Waals surface area contributed by atoms with E-state index in [-0.39, 0.29) is 5.69 Å². The van der Waals surface area contributed by atoms with E-state index in [1.807, 2.05) is 0 Å². The van der Waals surface area contributed by atoms with Crippen molar-refractivity contribution in [3.63, 3.8) is 0 Å². The molecule has 7 nitrogen and oxygen atoms in total. The zero-order valence-corrected chi connectivity index (χ0v) is 15.6. The number of amides is 2. The maximum atomic E-state index is 13.3. The van der Waals surface area contributed by atoms with Gasteiger partial charge < -0.3 is 14.9 Å². The molecular weight excluding hydrogens is 393 g/mol. The van der Waals surface area contributed by atoms with Crippen molar-refractivity contribution < 1.29 is 37.7 Å². The second-order valence-corrected chi connectivity index (χ2v) is 8.24. The van der Waals surface area contributed by atoms with Gasteiger partial charge in [-0.15, -0.1) is 0 Å². The molecular formula is C19H17F3N2O5. The summed E-state index contributed by atoms with van der Waals surface area (Å²) >= 11 is 0. The summed E-state index contributed by atoms with van der Waals surface area (Å²) in [5.41, 5.74) is -7.02. The molecule has 3 unspecified atom stereocenters. The van der Waals surface area contributed by atoms with Gasteiger partial charge in [-0.3, -0.25) is 9.59 Å². The molecule has 4 rings (SSSR count). The Hall–Kier alpha value is -2.48. The molecule has 6 atom stereocenters. The number of carbonyl (C=O) groups is 2. The minimum absolute atomic E-state index is 0.336. The van der Waals surface area contributed by atoms with Crippen molar-refractivity contribution in [3.05, 3.63) is 29.3 Å². The van der Waals surface area contributed by atoms with Gasteiger partial charge in [0.25, 0.3) is 0 Å². The minimum atomic E-state index is -4.86. The summed E-state index contributed by atoms with van der Waals surface area (Å²) in [4.78, 5) is 27.1. The Morgan fingerprint density at radius 1 is 1.17 bits per heavy atom. The Balaban J connectivity index is 1.88. The number of rotatable bonds is 1. The second kappa shape index (κ2) is 5.36. The highest BCUT2D eigenvalue weighted by atomic mass is 19.4. The third-order valence-corrected chi connectivity index (χ3v) is 6.87. The van der Waals surface area contributed by atoms with Crippen LogP contribution in [0.4, 0.5) is 18.9 Å². The lowest BCUT2D eigenvalue weighted by Gasteiger charge is -2.42. The van der Waals surface area contributed by atoms with Crippen LogP contribution in [0.2, 0.25) is 0 Å². The molecule has 2 bridgehead atoms. The normalized spacial score (nSPS) is 41.1. The van der Waals surface area contributed by atoms with E-state index in [1.165, 1.54) is 26.8 Å². The molecule has 3 saturated heterocycles. The van der Waals surface area contributed by atoms with E-state index in [4.69, 9.17) is 10.00 Å². The van der Waals surface area contributed by atoms with E-state index >= 15 is 0 Å². The number of hydrogen-bond donors (Lipinski definition) is 2. The van der Waals surface area contributed by atoms with Crippen LogP contribution in [0, 0.1) is 22.7 Å². The van der Waals surface area contributed by atoms with Crippen LogP contribution in [-0.2, 0) is 20.5 Å². The van der Waals surface area contributed by atoms with Crippen molar-refractivity contribution in [2.24, 2.45) is 11.3 Å². The lowest BCUT2D eigenvalue weighted by atomic mass is 9.57. The predicted molar refractivity (Wildman–Crippen MR) is 90.2 cm³/mol. The summed E-state index contributed by atoms with van der Waals surface area (Å²) in [6.45, 7) is 4.21. The van der Waals surface area contributed by atoms with Gasteiger partial charge in [0.1, 0.15) is 23.4 Å². The van der Waals surface area contributed by atoms with Gasteiger partial charge in [0.2, 0.25) is 11.8 Å². The number of ether oxygens (including phenoxy) is 1. The first-order valence-corrected chi connectivity index (χ1v) is 8.81. The predicted octanol–water partition coefficient (Wildman–Crippen LogP) is 1.36. The molecule has 29 heavy (non-hydrogen) atoms. The summed E-state index contributed by atoms with van der Waals surface area (Å²) in [5, 5.41) is 29.8. The Labute approximate surface area is 163 Å². The van der Waals surface area contributed by atoms with Gasteiger partial charge in [-0.1, -0.05) is 0 Å². The average molecular weight is 410 g/mol. The van der Waals surface area contributed by atoms with Crippen LogP contribution in [0.5, 0.6) is 0 Å². The first-order valence-electron chi connectivity index (χ1n) is 8.81. The molecule has 3 heterocycles. The van der Waals surface area contributed by atoms with E-state index in [0.29, 0.717) is 11.0 Å². The highest BCUT2D eigenvalue weighted by molar-refractivity contribution is 6.25. The van der Waals surface area contributed by atoms with E-state index in [0.717, 1.165) is 12.1 Å². The number of aliphatic hydroxyl groups excluding tert-OH is 2. The van der Waals surface area contributed by atoms with Crippen LogP contribution < -0.4 is 4.90 Å². The molecule has 10 heteroatoms. The molecule has 3 aliphatic rings. The smallest absolute Gasteiger partial charge is 0.387 e. The van der Waals surface area contributed by atoms with E-state index in [1.54, 1.807) is 0 Å². The number of imide groups is 1. The third-order valence-electron chi connectivity index (χ3n) is 6.87. The van der Waals surface area contributed by atoms with Gasteiger partial charge in [0.05, 0.1) is 34.2 Å². The molecule has 3 aliphatic heterocycles. The fourth-order valence-corrected chi connectivity index (χ4v) is 5.23. The van der Waals surface area contributed by atoms with Crippen LogP contribution in [0.3, 0.4) is 0 Å². The zero-order chi connectivity index (χ0) is 21.7. The number of fused-ring (bicyclic) bond motifs is 5. The van der Waals surface area contributed by atoms with Crippen molar-refractivity contribution in [1.29, 1.82) is 5.26 Å². The number of carbonyl (C=O) groups excluding carboxylic acids is 2. The molecule has 0 aromatic heterocycles. The first kappa shape index (κ1) is 19.8. The quantitative estimate of drug-likeness (QED) is 0.677. The second-order valence-electron chi connectivity index (χ2n) is 8.24. The maximum absolute atomic E-state index is 13.3. The number of nitriles is 1. The maximum Gasteiger partial charge on any atom is 0.417 e. The standard InChI is InChI=1S/C19H17F3N2O5/c1-16-11(17(2)12(25)13(26)18(16,3)29-17)14(27)24(15(16)28)9-5-4-8(7-23)10(6-9)19(20,21)22/h4-6,11-13,25-26H,1-3H3/t11-,12-,13-,16?,17?,18?/m1/s1. The highest BCUT2D eigenvalue weighted by Gasteiger charge is 2.84. The van der Waals surface area contributed by atoms with Gasteiger partial charge in [-0.05, 0) is 39.0 Å². The number of aliphatic hydroxyl groups is 2. The molecule has 0 saturated carbocycles. The van der Waals surface area contributed by atoms with Gasteiger partial charge in [0.15, 0.2) is 0 Å². The van der Waals surface area contributed by atoms with E-state index < -0.39 is 63.9 Å². The van der Waals surface area contributed by atoms with Crippen molar-refractivity contribution in [2.45, 2.75) is 50.4 Å². The van der Waals surface area contributed by atoms with Crippen LogP contribution >= 0.6 is 0 Å². The largest absolute Gasteiger partial charge is 0.417 e. The molecule has 3 fully saturated rings. The lowest BCUT2D eigenvalue weighted by Crippen LogP contribution is -2.62. The van der Waals surface area contributed by atoms with Crippen molar-refractivity contribution in [3.8, 4) is 6.07 Å². The van der Waals surface area contributed by atoms with Crippen LogP contribution in [0.15, 0.2) is 18.2 Å². The first-order chi connectivity index (χ1) is 13.2. The fourth-order valence-electron chi connectivity index (χ4n) is 5.23. The summed E-state index contributed by atoms with van der Waals surface area (Å²) in [6, 6.07) is 4.01. The lowest BCUT2D eigenvalue weighted by molar-refractivity contribution is -0.147. The number of hydrogen-bond acceptors (Lipinski definition) is 6. The third kappa shape index (κ3) is 2.02. The molecule has 2 amide bonds. The number of halogens is 3. The van der Waals surface area contributed by atoms with Crippen molar-refractivity contribution in [1.82, 2.24) is 0 Å². The number of alkyl halides is 3. The SMILES string of the molecule is CC12OC(C)([C@H](O)[C@H]1O)C1(C)C(=O)N(c3ccc(C#N)c(C(F)(F)F)c3)C(=O)[C@@H]21. The molecule has 0 aliphatic carbocycles. The van der Waals surface area contributed by atoms with E-state index in [2.05, 4.69) is 0 Å². The van der Waals surface area contributed by atoms with Crippen LogP contribution in [-0.4, -0.2) is 45.4 Å². The summed E-state index contributed by atoms with van der Waals surface area (Å²) in [5.74, 6) is -2.86.